The van der Waals surface area contributed by atoms with Crippen LogP contribution in [0.3, 0.4) is 0 Å². The van der Waals surface area contributed by atoms with E-state index in [9.17, 15) is 13.2 Å². The van der Waals surface area contributed by atoms with Gasteiger partial charge in [-0.25, -0.2) is 18.1 Å². The molecule has 3 aromatic rings. The second-order valence-corrected chi connectivity index (χ2v) is 8.76. The minimum absolute atomic E-state index is 0.0156. The molecule has 0 unspecified atom stereocenters. The lowest BCUT2D eigenvalue weighted by Gasteiger charge is -2.14. The van der Waals surface area contributed by atoms with Gasteiger partial charge in [-0.05, 0) is 42.0 Å². The maximum absolute atomic E-state index is 11.4. The Kier molecular flexibility index (Phi) is 9.05. The summed E-state index contributed by atoms with van der Waals surface area (Å²) in [5.74, 6) is 1.60. The lowest BCUT2D eigenvalue weighted by atomic mass is 10.1. The topological polar surface area (TPSA) is 195 Å². The summed E-state index contributed by atoms with van der Waals surface area (Å²) >= 11 is 0. The molecule has 0 aliphatic heterocycles. The number of nitrogens with zero attached hydrogens (tertiary/aromatic N) is 2. The number of carbonyl (C=O) groups is 1. The third-order valence-corrected chi connectivity index (χ3v) is 5.95. The second-order valence-electron chi connectivity index (χ2n) is 7.08. The van der Waals surface area contributed by atoms with Crippen LogP contribution in [0.1, 0.15) is 18.1 Å². The number of amides is 1. The number of nitrogens with two attached hydrogens (primary N) is 3. The van der Waals surface area contributed by atoms with E-state index < -0.39 is 15.9 Å². The van der Waals surface area contributed by atoms with Crippen LogP contribution in [0.4, 0.5) is 17.5 Å². The van der Waals surface area contributed by atoms with Crippen molar-refractivity contribution in [2.24, 2.45) is 0 Å². The Morgan fingerprint density at radius 1 is 0.971 bits per heavy atom. The fourth-order valence-corrected chi connectivity index (χ4v) is 3.91. The third-order valence-electron chi connectivity index (χ3n) is 4.50. The van der Waals surface area contributed by atoms with Crippen molar-refractivity contribution in [3.63, 3.8) is 0 Å². The first kappa shape index (κ1) is 27.0. The van der Waals surface area contributed by atoms with Crippen molar-refractivity contribution >= 4 is 33.4 Å². The van der Waals surface area contributed by atoms with E-state index in [0.29, 0.717) is 35.2 Å². The van der Waals surface area contributed by atoms with E-state index in [1.54, 1.807) is 27.5 Å². The summed E-state index contributed by atoms with van der Waals surface area (Å²) < 4.78 is 40.5. The number of nitrogens with one attached hydrogen (secondary N) is 1. The third kappa shape index (κ3) is 7.37. The van der Waals surface area contributed by atoms with Gasteiger partial charge in [0.05, 0.1) is 26.2 Å². The van der Waals surface area contributed by atoms with Gasteiger partial charge in [0, 0.05) is 30.8 Å². The fourth-order valence-electron chi connectivity index (χ4n) is 2.92. The average molecular weight is 505 g/mol. The average Bonchev–Trinajstić information content (AvgIpc) is 2.80. The molecule has 0 spiro atoms. The zero-order valence-electron chi connectivity index (χ0n) is 19.7. The number of methoxy groups -OCH3 is 3. The number of hydrogen-bond acceptors (Lipinski definition) is 11. The molecule has 1 heterocycles. The molecule has 13 heteroatoms. The normalized spacial score (nSPS) is 10.5. The van der Waals surface area contributed by atoms with Crippen LogP contribution in [-0.2, 0) is 21.2 Å². The van der Waals surface area contributed by atoms with E-state index in [2.05, 4.69) is 9.97 Å². The van der Waals surface area contributed by atoms with Crippen LogP contribution in [0.25, 0.3) is 0 Å². The van der Waals surface area contributed by atoms with Gasteiger partial charge in [-0.15, -0.1) is 0 Å². The predicted octanol–water partition coefficient (Wildman–Crippen LogP) is 1.35. The minimum atomic E-state index is -3.73. The summed E-state index contributed by atoms with van der Waals surface area (Å²) in [5.41, 5.74) is 18.9. The molecule has 0 bridgehead atoms. The molecule has 0 saturated carbocycles. The Morgan fingerprint density at radius 3 is 2.00 bits per heavy atom. The van der Waals surface area contributed by atoms with Crippen LogP contribution < -0.4 is 36.1 Å². The minimum Gasteiger partial charge on any atom is -0.493 e. The Morgan fingerprint density at radius 2 is 1.54 bits per heavy atom. The number of ether oxygens (including phenoxy) is 3. The zero-order chi connectivity index (χ0) is 26.2. The zero-order valence-corrected chi connectivity index (χ0v) is 20.5. The smallest absolute Gasteiger partial charge is 0.264 e. The predicted molar refractivity (Wildman–Crippen MR) is 132 cm³/mol. The first-order valence-electron chi connectivity index (χ1n) is 10.0. The van der Waals surface area contributed by atoms with Crippen molar-refractivity contribution in [1.29, 1.82) is 0 Å². The number of anilines is 3. The maximum Gasteiger partial charge on any atom is 0.264 e. The molecule has 0 aliphatic rings. The van der Waals surface area contributed by atoms with E-state index >= 15 is 0 Å². The Balaban J connectivity index is 0.000000269. The Labute approximate surface area is 203 Å². The molecule has 1 aromatic heterocycles. The highest BCUT2D eigenvalue weighted by Crippen LogP contribution is 2.38. The fraction of sp³-hybridized carbons (Fsp3) is 0.227. The number of aromatic nitrogens is 2. The number of hydrogen-bond donors (Lipinski definition) is 4. The van der Waals surface area contributed by atoms with Gasteiger partial charge in [-0.1, -0.05) is 0 Å². The maximum atomic E-state index is 11.4. The molecule has 35 heavy (non-hydrogen) atoms. The van der Waals surface area contributed by atoms with Gasteiger partial charge in [0.1, 0.15) is 5.82 Å². The summed E-state index contributed by atoms with van der Waals surface area (Å²) in [5, 5.41) is 0. The van der Waals surface area contributed by atoms with Gasteiger partial charge in [-0.2, -0.15) is 4.98 Å². The van der Waals surface area contributed by atoms with Gasteiger partial charge < -0.3 is 31.4 Å². The van der Waals surface area contributed by atoms with Crippen molar-refractivity contribution in [1.82, 2.24) is 14.7 Å². The summed E-state index contributed by atoms with van der Waals surface area (Å²) in [6.07, 6.45) is 2.14. The first-order valence-corrected chi connectivity index (χ1v) is 11.5. The van der Waals surface area contributed by atoms with Crippen LogP contribution in [-0.4, -0.2) is 45.6 Å². The van der Waals surface area contributed by atoms with Gasteiger partial charge in [-0.3, -0.25) is 4.79 Å². The molecular formula is C22H28N6O6S. The van der Waals surface area contributed by atoms with E-state index in [0.717, 1.165) is 18.1 Å². The van der Waals surface area contributed by atoms with Gasteiger partial charge >= 0.3 is 0 Å². The highest BCUT2D eigenvalue weighted by Gasteiger charge is 2.15. The highest BCUT2D eigenvalue weighted by molar-refractivity contribution is 7.90. The molecule has 3 rings (SSSR count). The van der Waals surface area contributed by atoms with Gasteiger partial charge in [0.25, 0.3) is 10.0 Å². The quantitative estimate of drug-likeness (QED) is 0.339. The lowest BCUT2D eigenvalue weighted by Crippen LogP contribution is -2.28. The molecule has 12 nitrogen and oxygen atoms in total. The first-order chi connectivity index (χ1) is 16.5. The number of rotatable bonds is 7. The molecule has 2 aromatic carbocycles. The molecule has 0 radical (unpaired) electrons. The van der Waals surface area contributed by atoms with E-state index in [-0.39, 0.29) is 10.8 Å². The Bertz CT molecular complexity index is 1260. The molecule has 1 amide bonds. The second kappa shape index (κ2) is 11.7. The molecule has 0 fully saturated rings. The highest BCUT2D eigenvalue weighted by atomic mass is 32.2. The number of sulfonamides is 1. The van der Waals surface area contributed by atoms with Crippen molar-refractivity contribution in [3.05, 3.63) is 53.7 Å². The van der Waals surface area contributed by atoms with E-state index in [4.69, 9.17) is 31.4 Å². The molecule has 7 N–H and O–H groups in total. The van der Waals surface area contributed by atoms with Crippen molar-refractivity contribution < 1.29 is 27.4 Å². The summed E-state index contributed by atoms with van der Waals surface area (Å²) in [4.78, 5) is 18.5. The molecular weight excluding hydrogens is 476 g/mol. The van der Waals surface area contributed by atoms with Crippen LogP contribution in [0.5, 0.6) is 17.2 Å². The van der Waals surface area contributed by atoms with E-state index in [1.807, 2.05) is 16.9 Å². The number of carbonyl (C=O) groups excluding carboxylic acids is 1. The summed E-state index contributed by atoms with van der Waals surface area (Å²) in [7, 11) is 0.972. The van der Waals surface area contributed by atoms with E-state index in [1.165, 1.54) is 24.3 Å². The number of benzene rings is 2. The van der Waals surface area contributed by atoms with Crippen LogP contribution >= 0.6 is 0 Å². The molecule has 188 valence electrons. The summed E-state index contributed by atoms with van der Waals surface area (Å²) in [6, 6.07) is 9.29. The summed E-state index contributed by atoms with van der Waals surface area (Å²) in [6.45, 7) is 1.13. The Hall–Kier alpha value is -4.26. The lowest BCUT2D eigenvalue weighted by molar-refractivity contribution is -0.117. The van der Waals surface area contributed by atoms with Crippen LogP contribution in [0.15, 0.2) is 47.5 Å². The number of nitrogen functional groups attached to an aromatic ring is 3. The SMILES string of the molecule is CC(=O)NS(=O)(=O)c1ccc(N)cc1.COc1cc(Cc2cnc(N)nc2N)cc(OC)c1OC. The largest absolute Gasteiger partial charge is 0.493 e. The van der Waals surface area contributed by atoms with Crippen molar-refractivity contribution in [3.8, 4) is 17.2 Å². The van der Waals surface area contributed by atoms with Crippen LogP contribution in [0, 0.1) is 0 Å². The molecule has 0 atom stereocenters. The van der Waals surface area contributed by atoms with Crippen molar-refractivity contribution in [2.75, 3.05) is 38.5 Å². The monoisotopic (exact) mass is 504 g/mol. The molecule has 0 saturated heterocycles. The molecule has 0 aliphatic carbocycles. The standard InChI is InChI=1S/C14H18N4O3.C8H10N2O3S/c1-19-10-5-8(6-11(20-2)12(10)21-3)4-9-7-17-14(16)18-13(9)15;1-6(11)10-14(12,13)8-4-2-7(9)3-5-8/h5-7H,4H2,1-3H3,(H4,15,16,17,18);2-5H,9H2,1H3,(H,10,11). The van der Waals surface area contributed by atoms with Crippen LogP contribution in [0.2, 0.25) is 0 Å². The van der Waals surface area contributed by atoms with Gasteiger partial charge in [0.15, 0.2) is 11.5 Å². The van der Waals surface area contributed by atoms with Crippen molar-refractivity contribution in [2.45, 2.75) is 18.2 Å². The van der Waals surface area contributed by atoms with Gasteiger partial charge in [0.2, 0.25) is 17.6 Å².